The fourth-order valence-corrected chi connectivity index (χ4v) is 1.06. The number of hydrogen-bond acceptors (Lipinski definition) is 3. The number of ether oxygens (including phenoxy) is 1. The Labute approximate surface area is 155 Å². The van der Waals surface area contributed by atoms with Crippen molar-refractivity contribution in [1.29, 1.82) is 0 Å². The van der Waals surface area contributed by atoms with Gasteiger partial charge >= 0.3 is 33.9 Å². The van der Waals surface area contributed by atoms with E-state index < -0.39 is 5.60 Å². The summed E-state index contributed by atoms with van der Waals surface area (Å²) in [5.74, 6) is 5.71. The second-order valence-electron chi connectivity index (χ2n) is 4.01. The Hall–Kier alpha value is -1.27. The van der Waals surface area contributed by atoms with Crippen LogP contribution < -0.4 is 0 Å². The van der Waals surface area contributed by atoms with E-state index in [9.17, 15) is 9.90 Å². The monoisotopic (exact) mass is 376 g/mol. The summed E-state index contributed by atoms with van der Waals surface area (Å²) in [5, 5.41) is 9.86. The van der Waals surface area contributed by atoms with E-state index in [1.807, 2.05) is 0 Å². The van der Waals surface area contributed by atoms with Crippen LogP contribution in [0, 0.1) is 51.1 Å². The van der Waals surface area contributed by atoms with Gasteiger partial charge in [0.1, 0.15) is 5.60 Å². The fourth-order valence-electron chi connectivity index (χ4n) is 1.06. The minimum Gasteiger partial charge on any atom is 0 e. The maximum Gasteiger partial charge on any atom is 0 e. The quantitative estimate of drug-likeness (QED) is 0.230. The standard InChI is InChI=1S/C14H20O3.3CO.Fe/c1-4-5-6-7-10-14(3,16)11-8-9-13(2)17-12-15;3*1-2;/h8-9,11,13,16H,4-6H2,1-3H3;;;;/q-1;;;;/t13-,14-;;;;/m1..../s1. The Morgan fingerprint density at radius 3 is 2.21 bits per heavy atom. The molecule has 0 aromatic heterocycles. The van der Waals surface area contributed by atoms with Gasteiger partial charge < -0.3 is 14.6 Å². The van der Waals surface area contributed by atoms with E-state index in [1.54, 1.807) is 33.1 Å². The predicted octanol–water partition coefficient (Wildman–Crippen LogP) is 1.90. The Balaban J connectivity index is -0.000000153. The van der Waals surface area contributed by atoms with Crippen molar-refractivity contribution in [1.82, 2.24) is 0 Å². The van der Waals surface area contributed by atoms with Gasteiger partial charge in [-0.25, -0.2) is 0 Å². The maximum absolute atomic E-state index is 9.92. The van der Waals surface area contributed by atoms with Crippen LogP contribution in [0.15, 0.2) is 0 Å². The summed E-state index contributed by atoms with van der Waals surface area (Å²) in [5.41, 5.74) is -1.14. The van der Waals surface area contributed by atoms with Crippen molar-refractivity contribution < 1.29 is 45.7 Å². The molecule has 6 nitrogen and oxygen atoms in total. The van der Waals surface area contributed by atoms with Crippen LogP contribution in [0.1, 0.15) is 40.0 Å². The molecule has 0 bridgehead atoms. The van der Waals surface area contributed by atoms with Crippen molar-refractivity contribution in [3.63, 3.8) is 0 Å². The van der Waals surface area contributed by atoms with Crippen molar-refractivity contribution >= 4 is 6.47 Å². The summed E-state index contributed by atoms with van der Waals surface area (Å²) in [6.45, 7) is 20.3. The molecule has 0 aliphatic heterocycles. The van der Waals surface area contributed by atoms with Crippen LogP contribution >= 0.6 is 0 Å². The Morgan fingerprint density at radius 2 is 1.79 bits per heavy atom. The van der Waals surface area contributed by atoms with Gasteiger partial charge in [0, 0.05) is 36.3 Å². The van der Waals surface area contributed by atoms with Crippen LogP contribution in [0.2, 0.25) is 0 Å². The molecule has 1 N–H and O–H groups in total. The molecule has 0 aliphatic carbocycles. The first-order chi connectivity index (χ1) is 11.0. The first-order valence-corrected chi connectivity index (χ1v) is 6.41. The smallest absolute Gasteiger partial charge is 0 e. The summed E-state index contributed by atoms with van der Waals surface area (Å²) in [6, 6.07) is 0. The molecule has 0 amide bonds. The number of rotatable bonds is 8. The predicted molar refractivity (Wildman–Crippen MR) is 78.9 cm³/mol. The molecule has 0 aromatic carbocycles. The van der Waals surface area contributed by atoms with Crippen LogP contribution in [0.4, 0.5) is 0 Å². The second kappa shape index (κ2) is 29.7. The molecular formula is C17H20FeO6-. The van der Waals surface area contributed by atoms with E-state index in [2.05, 4.69) is 43.5 Å². The van der Waals surface area contributed by atoms with Crippen LogP contribution in [0.3, 0.4) is 0 Å². The van der Waals surface area contributed by atoms with Gasteiger partial charge in [-0.05, 0) is 26.7 Å². The van der Waals surface area contributed by atoms with Crippen molar-refractivity contribution in [3.8, 4) is 11.8 Å². The topological polar surface area (TPSA) is 106 Å². The van der Waals surface area contributed by atoms with Gasteiger partial charge in [0.05, 0.1) is 6.10 Å². The summed E-state index contributed by atoms with van der Waals surface area (Å²) in [6.07, 6.45) is 7.42. The third-order valence-electron chi connectivity index (χ3n) is 2.03. The molecule has 3 radical (unpaired) electrons. The Morgan fingerprint density at radius 1 is 1.29 bits per heavy atom. The zero-order valence-corrected chi connectivity index (χ0v) is 14.9. The van der Waals surface area contributed by atoms with E-state index in [0.717, 1.165) is 19.3 Å². The molecular weight excluding hydrogens is 356 g/mol. The van der Waals surface area contributed by atoms with Gasteiger partial charge in [0.2, 0.25) is 0 Å². The van der Waals surface area contributed by atoms with Crippen molar-refractivity contribution in [2.75, 3.05) is 0 Å². The van der Waals surface area contributed by atoms with Crippen molar-refractivity contribution in [2.45, 2.75) is 51.7 Å². The van der Waals surface area contributed by atoms with Crippen molar-refractivity contribution in [2.24, 2.45) is 0 Å². The second-order valence-corrected chi connectivity index (χ2v) is 4.01. The number of carbonyl (C=O) groups excluding carboxylic acids is 1. The van der Waals surface area contributed by atoms with Gasteiger partial charge in [-0.15, -0.1) is 5.92 Å². The van der Waals surface area contributed by atoms with Gasteiger partial charge in [-0.2, -0.15) is 0 Å². The van der Waals surface area contributed by atoms with Gasteiger partial charge in [-0.1, -0.05) is 25.7 Å². The van der Waals surface area contributed by atoms with E-state index >= 15 is 0 Å². The van der Waals surface area contributed by atoms with Crippen LogP contribution in [-0.4, -0.2) is 23.3 Å². The SMILES string of the molecule is CCCCC#C[C@@](C)(O)[CH][CH][CH][C@@H](C)O[C-]=O.[C-]#[O+].[C-]#[O+].[C-]#[O+].[Fe]. The first kappa shape index (κ1) is 34.1. The minimum absolute atomic E-state index is 0. The van der Waals surface area contributed by atoms with Gasteiger partial charge in [0.15, 0.2) is 0 Å². The molecule has 0 aromatic rings. The zero-order chi connectivity index (χ0) is 19.1. The molecule has 0 aliphatic rings. The molecule has 7 heteroatoms. The fraction of sp³-hybridized carbons (Fsp3) is 0.471. The summed E-state index contributed by atoms with van der Waals surface area (Å²) in [4.78, 5) is 9.92. The molecule has 0 fully saturated rings. The molecule has 24 heavy (non-hydrogen) atoms. The molecule has 0 heterocycles. The zero-order valence-electron chi connectivity index (χ0n) is 13.8. The molecule has 0 saturated carbocycles. The minimum atomic E-state index is -1.14. The maximum atomic E-state index is 9.92. The van der Waals surface area contributed by atoms with Gasteiger partial charge in [0.25, 0.3) is 0 Å². The van der Waals surface area contributed by atoms with Crippen LogP contribution in [0.5, 0.6) is 0 Å². The third kappa shape index (κ3) is 32.6. The Bertz CT molecular complexity index is 362. The molecule has 0 saturated heterocycles. The largest absolute Gasteiger partial charge is 0 e. The molecule has 0 rings (SSSR count). The molecule has 133 valence electrons. The van der Waals surface area contributed by atoms with E-state index in [4.69, 9.17) is 14.0 Å². The number of hydrogen-bond donors (Lipinski definition) is 1. The first-order valence-electron chi connectivity index (χ1n) is 6.41. The number of aliphatic hydroxyl groups is 1. The number of unbranched alkanes of at least 4 members (excludes halogenated alkanes) is 2. The molecule has 0 unspecified atom stereocenters. The van der Waals surface area contributed by atoms with Crippen LogP contribution in [0.25, 0.3) is 0 Å². The van der Waals surface area contributed by atoms with E-state index in [0.29, 0.717) is 0 Å². The average molecular weight is 376 g/mol. The summed E-state index contributed by atoms with van der Waals surface area (Å²) >= 11 is 0. The molecule has 0 spiro atoms. The third-order valence-corrected chi connectivity index (χ3v) is 2.03. The van der Waals surface area contributed by atoms with E-state index in [1.165, 1.54) is 6.47 Å². The molecule has 2 atom stereocenters. The Kier molecular flexibility index (Phi) is 42.3. The normalized spacial score (nSPS) is 11.1. The summed E-state index contributed by atoms with van der Waals surface area (Å²) in [7, 11) is 0. The van der Waals surface area contributed by atoms with Crippen molar-refractivity contribution in [3.05, 3.63) is 39.2 Å². The van der Waals surface area contributed by atoms with Gasteiger partial charge in [-0.3, -0.25) is 0 Å². The van der Waals surface area contributed by atoms with E-state index in [-0.39, 0.29) is 23.2 Å². The summed E-state index contributed by atoms with van der Waals surface area (Å²) < 4.78 is 27.0. The average Bonchev–Trinajstić information content (AvgIpc) is 2.57. The van der Waals surface area contributed by atoms with Crippen LogP contribution in [-0.2, 0) is 40.6 Å².